The Bertz CT molecular complexity index is 1200. The number of hydrogen-bond acceptors (Lipinski definition) is 6. The topological polar surface area (TPSA) is 104 Å². The minimum Gasteiger partial charge on any atom is -0.493 e. The van der Waals surface area contributed by atoms with Crippen LogP contribution in [0.2, 0.25) is 0 Å². The highest BCUT2D eigenvalue weighted by Crippen LogP contribution is 2.21. The number of pyridine rings is 1. The van der Waals surface area contributed by atoms with Gasteiger partial charge in [0.2, 0.25) is 11.8 Å². The number of aryl methyl sites for hydroxylation is 1. The average molecular weight is 581 g/mol. The molecule has 2 amide bonds. The summed E-state index contributed by atoms with van der Waals surface area (Å²) in [6.07, 6.45) is 12.3. The first kappa shape index (κ1) is 33.0. The minimum absolute atomic E-state index is 0.00644. The number of carbonyl (C=O) groups is 2. The molecule has 3 N–H and O–H groups in total. The number of aliphatic hydroxyl groups excluding tert-OH is 1. The summed E-state index contributed by atoms with van der Waals surface area (Å²) in [7, 11) is 0. The number of aliphatic hydroxyl groups is 1. The van der Waals surface area contributed by atoms with Crippen molar-refractivity contribution in [3.63, 3.8) is 0 Å². The fraction of sp³-hybridized carbons (Fsp3) is 0.545. The van der Waals surface area contributed by atoms with Crippen LogP contribution >= 0.6 is 0 Å². The Balaban J connectivity index is 1.81. The highest BCUT2D eigenvalue weighted by Gasteiger charge is 2.27. The molecule has 8 nitrogen and oxygen atoms in total. The fourth-order valence-electron chi connectivity index (χ4n) is 5.15. The predicted octanol–water partition coefficient (Wildman–Crippen LogP) is 3.79. The Kier molecular flexibility index (Phi) is 13.7. The van der Waals surface area contributed by atoms with E-state index in [1.807, 2.05) is 18.0 Å². The molecule has 0 saturated carbocycles. The van der Waals surface area contributed by atoms with Crippen LogP contribution in [0.5, 0.6) is 5.75 Å². The van der Waals surface area contributed by atoms with Crippen molar-refractivity contribution in [2.45, 2.75) is 83.9 Å². The van der Waals surface area contributed by atoms with Gasteiger partial charge in [0, 0.05) is 63.4 Å². The van der Waals surface area contributed by atoms with Gasteiger partial charge in [0.25, 0.3) is 0 Å². The highest BCUT2D eigenvalue weighted by molar-refractivity contribution is 5.81. The van der Waals surface area contributed by atoms with Crippen molar-refractivity contribution in [3.8, 4) is 18.1 Å². The third kappa shape index (κ3) is 10.7. The van der Waals surface area contributed by atoms with E-state index < -0.39 is 23.9 Å². The summed E-state index contributed by atoms with van der Waals surface area (Å²) in [6.45, 7) is 6.38. The minimum atomic E-state index is -0.987. The average Bonchev–Trinajstić information content (AvgIpc) is 2.97. The molecule has 3 atom stereocenters. The van der Waals surface area contributed by atoms with Gasteiger partial charge in [0.05, 0.1) is 18.8 Å². The number of amides is 2. The zero-order chi connectivity index (χ0) is 30.3. The molecule has 0 fully saturated rings. The highest BCUT2D eigenvalue weighted by atomic mass is 19.1. The molecule has 0 spiro atoms. The van der Waals surface area contributed by atoms with Crippen molar-refractivity contribution in [1.82, 2.24) is 20.5 Å². The van der Waals surface area contributed by atoms with Crippen LogP contribution < -0.4 is 15.4 Å². The van der Waals surface area contributed by atoms with E-state index in [1.165, 1.54) is 12.1 Å². The van der Waals surface area contributed by atoms with Crippen molar-refractivity contribution in [2.75, 3.05) is 26.2 Å². The molecule has 1 aromatic carbocycles. The van der Waals surface area contributed by atoms with Gasteiger partial charge in [-0.25, -0.2) is 4.39 Å². The second-order valence-corrected chi connectivity index (χ2v) is 10.9. The summed E-state index contributed by atoms with van der Waals surface area (Å²) in [4.78, 5) is 32.6. The second-order valence-electron chi connectivity index (χ2n) is 10.9. The fourth-order valence-corrected chi connectivity index (χ4v) is 5.15. The number of terminal acetylenes is 1. The van der Waals surface area contributed by atoms with E-state index in [0.717, 1.165) is 30.4 Å². The maximum absolute atomic E-state index is 14.6. The number of hydrogen-bond donors (Lipinski definition) is 3. The Hall–Kier alpha value is -3.48. The molecule has 2 bridgehead atoms. The normalized spacial score (nSPS) is 19.7. The van der Waals surface area contributed by atoms with E-state index in [2.05, 4.69) is 34.5 Å². The van der Waals surface area contributed by atoms with Gasteiger partial charge in [0.1, 0.15) is 11.6 Å². The number of carbonyl (C=O) groups excluding carboxylic acids is 2. The molecule has 0 saturated heterocycles. The van der Waals surface area contributed by atoms with E-state index in [1.54, 1.807) is 12.3 Å². The van der Waals surface area contributed by atoms with E-state index >= 15 is 0 Å². The Morgan fingerprint density at radius 1 is 1.21 bits per heavy atom. The molecule has 228 valence electrons. The number of nitrogens with one attached hydrogen (secondary N) is 2. The van der Waals surface area contributed by atoms with Crippen molar-refractivity contribution in [2.24, 2.45) is 5.92 Å². The van der Waals surface area contributed by atoms with Gasteiger partial charge >= 0.3 is 0 Å². The number of rotatable bonds is 9. The quantitative estimate of drug-likeness (QED) is 0.390. The molecule has 1 aromatic heterocycles. The first-order valence-electron chi connectivity index (χ1n) is 15.1. The van der Waals surface area contributed by atoms with E-state index in [-0.39, 0.29) is 37.6 Å². The predicted molar refractivity (Wildman–Crippen MR) is 161 cm³/mol. The van der Waals surface area contributed by atoms with Crippen LogP contribution in [-0.4, -0.2) is 65.2 Å². The van der Waals surface area contributed by atoms with Crippen LogP contribution in [-0.2, 0) is 29.0 Å². The van der Waals surface area contributed by atoms with Crippen LogP contribution in [0.3, 0.4) is 0 Å². The SMILES string of the molecule is C#CCC1CCC(=O)N(CCC)CCCCOc2cc(F)cc(c2)CC(C(O)CNCc2cncc(CC)c2)NC1=O. The summed E-state index contributed by atoms with van der Waals surface area (Å²) >= 11 is 0. The number of benzene rings is 1. The Morgan fingerprint density at radius 3 is 2.79 bits per heavy atom. The lowest BCUT2D eigenvalue weighted by Gasteiger charge is -2.27. The largest absolute Gasteiger partial charge is 0.493 e. The maximum Gasteiger partial charge on any atom is 0.224 e. The molecule has 42 heavy (non-hydrogen) atoms. The molecule has 9 heteroatoms. The lowest BCUT2D eigenvalue weighted by molar-refractivity contribution is -0.132. The monoisotopic (exact) mass is 580 g/mol. The zero-order valence-electron chi connectivity index (χ0n) is 24.9. The lowest BCUT2D eigenvalue weighted by atomic mass is 9.95. The molecule has 2 aromatic rings. The van der Waals surface area contributed by atoms with Gasteiger partial charge in [-0.2, -0.15) is 0 Å². The van der Waals surface area contributed by atoms with Gasteiger partial charge in [-0.3, -0.25) is 14.6 Å². The summed E-state index contributed by atoms with van der Waals surface area (Å²) < 4.78 is 20.4. The van der Waals surface area contributed by atoms with Gasteiger partial charge < -0.3 is 25.4 Å². The molecule has 3 unspecified atom stereocenters. The van der Waals surface area contributed by atoms with Crippen molar-refractivity contribution in [3.05, 3.63) is 59.2 Å². The molecule has 0 radical (unpaired) electrons. The van der Waals surface area contributed by atoms with Crippen LogP contribution in [0.25, 0.3) is 0 Å². The second kappa shape index (κ2) is 17.5. The van der Waals surface area contributed by atoms with Gasteiger partial charge in [0.15, 0.2) is 0 Å². The van der Waals surface area contributed by atoms with Gasteiger partial charge in [-0.15, -0.1) is 12.3 Å². The van der Waals surface area contributed by atoms with Crippen molar-refractivity contribution < 1.29 is 23.8 Å². The van der Waals surface area contributed by atoms with Gasteiger partial charge in [-0.05, 0) is 67.3 Å². The summed E-state index contributed by atoms with van der Waals surface area (Å²) in [6, 6.07) is 5.79. The third-order valence-corrected chi connectivity index (χ3v) is 7.50. The molecule has 3 rings (SSSR count). The van der Waals surface area contributed by atoms with E-state index in [0.29, 0.717) is 50.4 Å². The maximum atomic E-state index is 14.6. The summed E-state index contributed by atoms with van der Waals surface area (Å²) in [5, 5.41) is 17.4. The van der Waals surface area contributed by atoms with Gasteiger partial charge in [-0.1, -0.05) is 19.9 Å². The number of halogens is 1. The number of ether oxygens (including phenoxy) is 1. The van der Waals surface area contributed by atoms with Crippen LogP contribution in [0.4, 0.5) is 4.39 Å². The zero-order valence-corrected chi connectivity index (χ0v) is 24.9. The molecule has 2 heterocycles. The summed E-state index contributed by atoms with van der Waals surface area (Å²) in [5.41, 5.74) is 2.70. The number of nitrogens with zero attached hydrogens (tertiary/aromatic N) is 2. The Labute approximate surface area is 249 Å². The van der Waals surface area contributed by atoms with Crippen LogP contribution in [0.1, 0.15) is 69.1 Å². The molecule has 1 aliphatic rings. The van der Waals surface area contributed by atoms with Crippen LogP contribution in [0.15, 0.2) is 36.7 Å². The first-order chi connectivity index (χ1) is 20.3. The smallest absolute Gasteiger partial charge is 0.224 e. The lowest BCUT2D eigenvalue weighted by Crippen LogP contribution is -2.50. The molecular weight excluding hydrogens is 535 g/mol. The van der Waals surface area contributed by atoms with E-state index in [4.69, 9.17) is 11.2 Å². The number of aromatic nitrogens is 1. The van der Waals surface area contributed by atoms with Crippen LogP contribution in [0, 0.1) is 24.1 Å². The van der Waals surface area contributed by atoms with E-state index in [9.17, 15) is 19.1 Å². The molecular formula is C33H45FN4O4. The number of fused-ring (bicyclic) bond motifs is 2. The molecule has 1 aliphatic heterocycles. The standard InChI is InChI=1S/C33H45FN4O4/c1-4-9-27-10-11-32(40)38(12-5-2)13-7-8-14-42-29-17-25(16-28(34)19-29)18-30(37-33(27)41)31(39)23-36-22-26-15-24(6-3)20-35-21-26/h1,15-17,19-21,27,30-31,36,39H,5-14,18,22-23H2,2-3H3,(H,37,41). The third-order valence-electron chi connectivity index (χ3n) is 7.50. The first-order valence-corrected chi connectivity index (χ1v) is 15.1. The van der Waals surface area contributed by atoms with Crippen molar-refractivity contribution >= 4 is 11.8 Å². The van der Waals surface area contributed by atoms with Crippen molar-refractivity contribution in [1.29, 1.82) is 0 Å². The summed E-state index contributed by atoms with van der Waals surface area (Å²) in [5.74, 6) is 1.58. The molecule has 0 aliphatic carbocycles. The Morgan fingerprint density at radius 2 is 2.02 bits per heavy atom.